The summed E-state index contributed by atoms with van der Waals surface area (Å²) in [6.07, 6.45) is 0. The minimum Gasteiger partial charge on any atom is -1.00 e. The van der Waals surface area contributed by atoms with Crippen LogP contribution in [0.25, 0.3) is 0 Å². The normalized spacial score (nSPS) is 5.29. The van der Waals surface area contributed by atoms with Gasteiger partial charge >= 0.3 is 19.5 Å². The number of halogens is 1. The van der Waals surface area contributed by atoms with Gasteiger partial charge in [0.25, 0.3) is 0 Å². The van der Waals surface area contributed by atoms with E-state index in [0.717, 1.165) is 0 Å². The number of rotatable bonds is 1. The maximum Gasteiger partial charge on any atom is 2.00 e. The minimum absolute atomic E-state index is 0. The Bertz CT molecular complexity index is 51.0. The van der Waals surface area contributed by atoms with Gasteiger partial charge in [0.2, 0.25) is 0 Å². The number of carboxylic acids is 1. The van der Waals surface area contributed by atoms with Crippen LogP contribution >= 0.6 is 0 Å². The molecule has 0 aromatic carbocycles. The van der Waals surface area contributed by atoms with Crippen LogP contribution in [0.3, 0.4) is 0 Å². The van der Waals surface area contributed by atoms with Crippen molar-refractivity contribution >= 4 is 5.97 Å². The number of nitrogens with two attached hydrogens (primary N) is 1. The van der Waals surface area contributed by atoms with E-state index in [1.54, 1.807) is 0 Å². The zero-order chi connectivity index (χ0) is 4.28. The maximum absolute atomic E-state index is 9.13. The quantitative estimate of drug-likeness (QED) is 0.381. The number of hydrogen-bond acceptors (Lipinski definition) is 3. The molecule has 0 heterocycles. The van der Waals surface area contributed by atoms with Gasteiger partial charge in [-0.15, -0.1) is 0 Å². The SMILES string of the molecule is NCC(=O)[O-].[I-].[Zn+2]. The summed E-state index contributed by atoms with van der Waals surface area (Å²) in [4.78, 5) is 9.13. The van der Waals surface area contributed by atoms with Crippen molar-refractivity contribution in [3.05, 3.63) is 0 Å². The van der Waals surface area contributed by atoms with E-state index in [2.05, 4.69) is 5.73 Å². The Balaban J connectivity index is -0.0000000800. The van der Waals surface area contributed by atoms with E-state index in [1.807, 2.05) is 0 Å². The van der Waals surface area contributed by atoms with Gasteiger partial charge in [-0.1, -0.05) is 0 Å². The monoisotopic (exact) mass is 265 g/mol. The average molecular weight is 266 g/mol. The number of carbonyl (C=O) groups excluding carboxylic acids is 1. The molecule has 3 nitrogen and oxygen atoms in total. The molecule has 0 radical (unpaired) electrons. The molecule has 0 amide bonds. The van der Waals surface area contributed by atoms with Crippen molar-refractivity contribution in [2.75, 3.05) is 6.54 Å². The summed E-state index contributed by atoms with van der Waals surface area (Å²) in [5, 5.41) is 9.13. The minimum atomic E-state index is -1.22. The molecular formula is C2H4INO2Zn. The molecule has 5 heteroatoms. The van der Waals surface area contributed by atoms with Crippen molar-refractivity contribution in [1.82, 2.24) is 0 Å². The molecule has 0 aliphatic rings. The summed E-state index contributed by atoms with van der Waals surface area (Å²) < 4.78 is 0. The molecule has 0 atom stereocenters. The van der Waals surface area contributed by atoms with Crippen LogP contribution in [0.5, 0.6) is 0 Å². The number of carboxylic acid groups (broad SMARTS) is 1. The van der Waals surface area contributed by atoms with Crippen molar-refractivity contribution in [3.8, 4) is 0 Å². The van der Waals surface area contributed by atoms with E-state index in [1.165, 1.54) is 0 Å². The zero-order valence-electron chi connectivity index (χ0n) is 3.69. The summed E-state index contributed by atoms with van der Waals surface area (Å²) >= 11 is 0. The molecule has 0 unspecified atom stereocenters. The molecule has 38 valence electrons. The zero-order valence-corrected chi connectivity index (χ0v) is 8.81. The van der Waals surface area contributed by atoms with Crippen LogP contribution in [0.4, 0.5) is 0 Å². The fourth-order valence-corrected chi connectivity index (χ4v) is 0. The Morgan fingerprint density at radius 1 is 1.71 bits per heavy atom. The Morgan fingerprint density at radius 2 is 1.86 bits per heavy atom. The fraction of sp³-hybridized carbons (Fsp3) is 0.500. The third kappa shape index (κ3) is 20.0. The topological polar surface area (TPSA) is 66.2 Å². The van der Waals surface area contributed by atoms with Crippen molar-refractivity contribution in [3.63, 3.8) is 0 Å². The second-order valence-corrected chi connectivity index (χ2v) is 0.576. The first-order chi connectivity index (χ1) is 2.27. The molecule has 0 saturated heterocycles. The van der Waals surface area contributed by atoms with Crippen molar-refractivity contribution in [1.29, 1.82) is 0 Å². The van der Waals surface area contributed by atoms with Crippen molar-refractivity contribution < 1.29 is 53.4 Å². The number of aliphatic carboxylic acids is 1. The summed E-state index contributed by atoms with van der Waals surface area (Å²) in [6, 6.07) is 0. The summed E-state index contributed by atoms with van der Waals surface area (Å²) in [5.74, 6) is -1.22. The summed E-state index contributed by atoms with van der Waals surface area (Å²) in [6.45, 7) is -0.389. The molecule has 2 N–H and O–H groups in total. The van der Waals surface area contributed by atoms with E-state index >= 15 is 0 Å². The van der Waals surface area contributed by atoms with Gasteiger partial charge in [0.1, 0.15) is 0 Å². The number of hydrogen-bond donors (Lipinski definition) is 1. The van der Waals surface area contributed by atoms with Gasteiger partial charge < -0.3 is 39.6 Å². The van der Waals surface area contributed by atoms with Gasteiger partial charge in [-0.2, -0.15) is 0 Å². The van der Waals surface area contributed by atoms with Crippen LogP contribution in [0.15, 0.2) is 0 Å². The Hall–Kier alpha value is 0.783. The van der Waals surface area contributed by atoms with E-state index in [4.69, 9.17) is 9.90 Å². The van der Waals surface area contributed by atoms with Crippen molar-refractivity contribution in [2.45, 2.75) is 0 Å². The predicted molar refractivity (Wildman–Crippen MR) is 14.1 cm³/mol. The molecule has 7 heavy (non-hydrogen) atoms. The van der Waals surface area contributed by atoms with Crippen LogP contribution in [0.1, 0.15) is 0 Å². The molecule has 0 aliphatic carbocycles. The molecule has 0 spiro atoms. The van der Waals surface area contributed by atoms with Gasteiger partial charge in [0.15, 0.2) is 0 Å². The van der Waals surface area contributed by atoms with Gasteiger partial charge in [-0.25, -0.2) is 0 Å². The average Bonchev–Trinajstić information content (AvgIpc) is 1.38. The van der Waals surface area contributed by atoms with Gasteiger partial charge in [-0.05, 0) is 0 Å². The predicted octanol–water partition coefficient (Wildman–Crippen LogP) is -5.30. The molecule has 0 aromatic rings. The standard InChI is InChI=1S/C2H5NO2.HI.Zn/c3-1-2(4)5;;/h1,3H2,(H,4,5);1H;/q;;+2/p-2. The molecule has 0 fully saturated rings. The summed E-state index contributed by atoms with van der Waals surface area (Å²) in [7, 11) is 0. The van der Waals surface area contributed by atoms with Gasteiger partial charge in [-0.3, -0.25) is 0 Å². The first-order valence-corrected chi connectivity index (χ1v) is 1.17. The Labute approximate surface area is 71.4 Å². The molecule has 0 aliphatic heterocycles. The van der Waals surface area contributed by atoms with Crippen LogP contribution in [-0.4, -0.2) is 12.5 Å². The van der Waals surface area contributed by atoms with Crippen LogP contribution in [0.2, 0.25) is 0 Å². The van der Waals surface area contributed by atoms with Crippen molar-refractivity contribution in [2.24, 2.45) is 5.73 Å². The van der Waals surface area contributed by atoms with Crippen LogP contribution in [0, 0.1) is 0 Å². The molecule has 0 aromatic heterocycles. The van der Waals surface area contributed by atoms with E-state index in [-0.39, 0.29) is 50.0 Å². The second-order valence-electron chi connectivity index (χ2n) is 0.576. The third-order valence-electron chi connectivity index (χ3n) is 0.167. The van der Waals surface area contributed by atoms with E-state index in [0.29, 0.717) is 0 Å². The van der Waals surface area contributed by atoms with Gasteiger partial charge in [0.05, 0.1) is 5.97 Å². The first kappa shape index (κ1) is 15.7. The van der Waals surface area contributed by atoms with Crippen LogP contribution in [-0.2, 0) is 24.3 Å². The first-order valence-electron chi connectivity index (χ1n) is 1.17. The smallest absolute Gasteiger partial charge is 1.00 e. The maximum atomic E-state index is 9.13. The molecular weight excluding hydrogens is 262 g/mol. The second kappa shape index (κ2) is 9.92. The van der Waals surface area contributed by atoms with E-state index in [9.17, 15) is 0 Å². The van der Waals surface area contributed by atoms with Crippen LogP contribution < -0.4 is 34.8 Å². The number of carbonyl (C=O) groups is 1. The third-order valence-corrected chi connectivity index (χ3v) is 0.167. The fourth-order valence-electron chi connectivity index (χ4n) is 0. The van der Waals surface area contributed by atoms with E-state index < -0.39 is 5.97 Å². The Kier molecular flexibility index (Phi) is 22.2. The largest absolute Gasteiger partial charge is 2.00 e. The van der Waals surface area contributed by atoms with Gasteiger partial charge in [0, 0.05) is 6.54 Å². The molecule has 0 bridgehead atoms. The summed E-state index contributed by atoms with van der Waals surface area (Å²) in [5.41, 5.74) is 4.51. The molecule has 0 saturated carbocycles. The molecule has 0 rings (SSSR count). The Morgan fingerprint density at radius 3 is 1.86 bits per heavy atom.